The maximum absolute atomic E-state index is 13.4. The lowest BCUT2D eigenvalue weighted by molar-refractivity contribution is 0.0944. The molecular formula is C27H19N3O2S. The van der Waals surface area contributed by atoms with Gasteiger partial charge in [-0.15, -0.1) is 11.3 Å². The Morgan fingerprint density at radius 2 is 1.76 bits per heavy atom. The van der Waals surface area contributed by atoms with Gasteiger partial charge >= 0.3 is 0 Å². The van der Waals surface area contributed by atoms with Crippen LogP contribution in [0.5, 0.6) is 0 Å². The molecule has 1 aliphatic rings. The maximum atomic E-state index is 13.4. The average molecular weight is 450 g/mol. The first-order chi connectivity index (χ1) is 16.1. The first kappa shape index (κ1) is 19.6. The van der Waals surface area contributed by atoms with E-state index in [4.69, 9.17) is 0 Å². The van der Waals surface area contributed by atoms with Gasteiger partial charge in [0.05, 0.1) is 16.5 Å². The van der Waals surface area contributed by atoms with Crippen molar-refractivity contribution in [2.45, 2.75) is 13.0 Å². The molecule has 0 aliphatic heterocycles. The Morgan fingerprint density at radius 3 is 2.61 bits per heavy atom. The molecule has 1 amide bonds. The second-order valence-corrected chi connectivity index (χ2v) is 9.17. The molecular weight excluding hydrogens is 430 g/mol. The number of pyridine rings is 1. The summed E-state index contributed by atoms with van der Waals surface area (Å²) in [4.78, 5) is 34.4. The monoisotopic (exact) mass is 449 g/mol. The van der Waals surface area contributed by atoms with Crippen molar-refractivity contribution in [1.82, 2.24) is 15.3 Å². The zero-order valence-electron chi connectivity index (χ0n) is 17.8. The van der Waals surface area contributed by atoms with Crippen LogP contribution in [0.2, 0.25) is 0 Å². The van der Waals surface area contributed by atoms with Crippen LogP contribution in [0.4, 0.5) is 0 Å². The number of rotatable bonds is 4. The van der Waals surface area contributed by atoms with E-state index in [1.165, 1.54) is 11.3 Å². The fourth-order valence-corrected chi connectivity index (χ4v) is 5.59. The molecule has 1 aliphatic carbocycles. The molecule has 1 unspecified atom stereocenters. The van der Waals surface area contributed by atoms with Crippen LogP contribution in [-0.2, 0) is 0 Å². The number of amides is 1. The summed E-state index contributed by atoms with van der Waals surface area (Å²) >= 11 is 1.50. The van der Waals surface area contributed by atoms with E-state index in [1.54, 1.807) is 25.4 Å². The predicted octanol–water partition coefficient (Wildman–Crippen LogP) is 5.99. The second-order valence-electron chi connectivity index (χ2n) is 8.08. The van der Waals surface area contributed by atoms with Crippen LogP contribution in [0.3, 0.4) is 0 Å². The fourth-order valence-electron chi connectivity index (χ4n) is 4.66. The molecule has 6 heteroatoms. The largest absolute Gasteiger partial charge is 0.346 e. The summed E-state index contributed by atoms with van der Waals surface area (Å²) in [5, 5.41) is 4.06. The van der Waals surface area contributed by atoms with Gasteiger partial charge < -0.3 is 10.3 Å². The van der Waals surface area contributed by atoms with E-state index in [1.807, 2.05) is 36.4 Å². The highest BCUT2D eigenvalue weighted by molar-refractivity contribution is 7.17. The summed E-state index contributed by atoms with van der Waals surface area (Å²) in [6.45, 7) is 1.59. The average Bonchev–Trinajstić information content (AvgIpc) is 3.57. The van der Waals surface area contributed by atoms with Gasteiger partial charge in [0.1, 0.15) is 5.65 Å². The predicted molar refractivity (Wildman–Crippen MR) is 131 cm³/mol. The number of hydrogen-bond acceptors (Lipinski definition) is 4. The number of nitrogens with one attached hydrogen (secondary N) is 2. The van der Waals surface area contributed by atoms with E-state index in [9.17, 15) is 9.59 Å². The molecule has 3 aromatic heterocycles. The number of aromatic nitrogens is 2. The Labute approximate surface area is 194 Å². The van der Waals surface area contributed by atoms with Gasteiger partial charge in [-0.05, 0) is 59.0 Å². The number of hydrogen-bond donors (Lipinski definition) is 2. The Morgan fingerprint density at radius 1 is 0.939 bits per heavy atom. The summed E-state index contributed by atoms with van der Waals surface area (Å²) in [6, 6.07) is 21.6. The minimum Gasteiger partial charge on any atom is -0.346 e. The summed E-state index contributed by atoms with van der Waals surface area (Å²) in [6.07, 6.45) is 3.43. The molecule has 0 saturated carbocycles. The van der Waals surface area contributed by atoms with E-state index >= 15 is 0 Å². The number of thiophene rings is 1. The van der Waals surface area contributed by atoms with Crippen LogP contribution in [0.1, 0.15) is 44.1 Å². The van der Waals surface area contributed by atoms with E-state index in [2.05, 4.69) is 39.6 Å². The van der Waals surface area contributed by atoms with Crippen molar-refractivity contribution in [3.63, 3.8) is 0 Å². The smallest absolute Gasteiger partial charge is 0.252 e. The molecule has 33 heavy (non-hydrogen) atoms. The lowest BCUT2D eigenvalue weighted by atomic mass is 9.98. The summed E-state index contributed by atoms with van der Waals surface area (Å²) in [7, 11) is 0. The number of benzene rings is 2. The van der Waals surface area contributed by atoms with Gasteiger partial charge in [0, 0.05) is 22.7 Å². The highest BCUT2D eigenvalue weighted by Gasteiger charge is 2.32. The molecule has 0 saturated heterocycles. The number of aromatic amines is 1. The number of fused-ring (bicyclic) bond motifs is 4. The number of Topliss-reactive ketones (excluding diaryl/α,β-unsaturated/α-hetero) is 1. The lowest BCUT2D eigenvalue weighted by Crippen LogP contribution is -2.28. The molecule has 5 aromatic rings. The third kappa shape index (κ3) is 3.10. The van der Waals surface area contributed by atoms with Gasteiger partial charge in [-0.3, -0.25) is 9.59 Å². The Hall–Kier alpha value is -4.03. The molecule has 2 aromatic carbocycles. The SMILES string of the molecule is CC(=O)c1ccc(-c2cccc3c2-c2ccccc2C3NC(=O)c2ccnc3[nH]ccc23)s1. The van der Waals surface area contributed by atoms with E-state index < -0.39 is 0 Å². The Bertz CT molecular complexity index is 1560. The minimum atomic E-state index is -0.266. The van der Waals surface area contributed by atoms with Gasteiger partial charge in [0.2, 0.25) is 0 Å². The highest BCUT2D eigenvalue weighted by atomic mass is 32.1. The molecule has 0 radical (unpaired) electrons. The Balaban J connectivity index is 1.46. The molecule has 0 fully saturated rings. The molecule has 0 bridgehead atoms. The first-order valence-electron chi connectivity index (χ1n) is 10.7. The van der Waals surface area contributed by atoms with Crippen LogP contribution in [0.25, 0.3) is 32.6 Å². The quantitative estimate of drug-likeness (QED) is 0.331. The van der Waals surface area contributed by atoms with Gasteiger partial charge in [0.25, 0.3) is 5.91 Å². The molecule has 5 nitrogen and oxygen atoms in total. The molecule has 0 spiro atoms. The standard InChI is InChI=1S/C27H19N3O2S/c1-15(31)22-9-10-23(33-22)20-7-4-8-21-24(20)16-5-2-3-6-17(16)25(21)30-27(32)19-12-14-29-26-18(19)11-13-28-26/h2-14,25H,1H3,(H,28,29)(H,30,32). The topological polar surface area (TPSA) is 74.8 Å². The van der Waals surface area contributed by atoms with Gasteiger partial charge in [0.15, 0.2) is 5.78 Å². The summed E-state index contributed by atoms with van der Waals surface area (Å²) in [5.41, 5.74) is 6.69. The number of ketones is 1. The number of nitrogens with zero attached hydrogens (tertiary/aromatic N) is 1. The Kier molecular flexibility index (Phi) is 4.48. The van der Waals surface area contributed by atoms with E-state index in [0.29, 0.717) is 11.2 Å². The zero-order chi connectivity index (χ0) is 22.5. The van der Waals surface area contributed by atoms with Crippen molar-refractivity contribution in [2.75, 3.05) is 0 Å². The lowest BCUT2D eigenvalue weighted by Gasteiger charge is -2.17. The van der Waals surface area contributed by atoms with Gasteiger partial charge in [-0.1, -0.05) is 42.5 Å². The third-order valence-corrected chi connectivity index (χ3v) is 7.37. The number of carbonyl (C=O) groups is 2. The second kappa shape index (κ2) is 7.53. The number of carbonyl (C=O) groups excluding carboxylic acids is 2. The van der Waals surface area contributed by atoms with E-state index in [-0.39, 0.29) is 17.7 Å². The van der Waals surface area contributed by atoms with E-state index in [0.717, 1.165) is 43.0 Å². The van der Waals surface area contributed by atoms with Crippen LogP contribution >= 0.6 is 11.3 Å². The molecule has 1 atom stereocenters. The molecule has 6 rings (SSSR count). The fraction of sp³-hybridized carbons (Fsp3) is 0.0741. The van der Waals surface area contributed by atoms with Crippen molar-refractivity contribution in [1.29, 1.82) is 0 Å². The van der Waals surface area contributed by atoms with Crippen LogP contribution in [-0.4, -0.2) is 21.7 Å². The van der Waals surface area contributed by atoms with Crippen LogP contribution in [0.15, 0.2) is 79.1 Å². The summed E-state index contributed by atoms with van der Waals surface area (Å²) in [5.74, 6) is -0.0761. The van der Waals surface area contributed by atoms with Crippen molar-refractivity contribution < 1.29 is 9.59 Å². The maximum Gasteiger partial charge on any atom is 0.252 e. The zero-order valence-corrected chi connectivity index (χ0v) is 18.6. The van der Waals surface area contributed by atoms with Crippen LogP contribution < -0.4 is 5.32 Å². The van der Waals surface area contributed by atoms with Crippen molar-refractivity contribution in [3.8, 4) is 21.6 Å². The van der Waals surface area contributed by atoms with Gasteiger partial charge in [-0.2, -0.15) is 0 Å². The number of H-pyrrole nitrogens is 1. The summed E-state index contributed by atoms with van der Waals surface area (Å²) < 4.78 is 0. The van der Waals surface area contributed by atoms with Crippen molar-refractivity contribution in [3.05, 3.63) is 101 Å². The molecule has 2 N–H and O–H groups in total. The third-order valence-electron chi connectivity index (χ3n) is 6.15. The van der Waals surface area contributed by atoms with Crippen molar-refractivity contribution in [2.24, 2.45) is 0 Å². The first-order valence-corrected chi connectivity index (χ1v) is 11.5. The molecule has 160 valence electrons. The molecule has 3 heterocycles. The van der Waals surface area contributed by atoms with Crippen LogP contribution in [0, 0.1) is 0 Å². The minimum absolute atomic E-state index is 0.0674. The van der Waals surface area contributed by atoms with Crippen molar-refractivity contribution >= 4 is 34.1 Å². The van der Waals surface area contributed by atoms with Gasteiger partial charge in [-0.25, -0.2) is 4.98 Å². The highest BCUT2D eigenvalue weighted by Crippen LogP contribution is 2.49. The normalized spacial score (nSPS) is 14.2.